The SMILES string of the molecule is Cl.O=c1[nH]c2ccccc2o1. The Hall–Kier alpha value is -1.22. The van der Waals surface area contributed by atoms with Crippen LogP contribution in [0.2, 0.25) is 0 Å². The zero-order chi connectivity index (χ0) is 6.97. The third kappa shape index (κ3) is 1.28. The van der Waals surface area contributed by atoms with Gasteiger partial charge in [0.25, 0.3) is 0 Å². The summed E-state index contributed by atoms with van der Waals surface area (Å²) >= 11 is 0. The van der Waals surface area contributed by atoms with Gasteiger partial charge in [0.15, 0.2) is 5.58 Å². The number of aromatic amines is 1. The quantitative estimate of drug-likeness (QED) is 0.654. The molecule has 1 aromatic carbocycles. The van der Waals surface area contributed by atoms with Crippen molar-refractivity contribution in [3.05, 3.63) is 34.8 Å². The Kier molecular flexibility index (Phi) is 2.01. The van der Waals surface area contributed by atoms with Gasteiger partial charge in [-0.05, 0) is 12.1 Å². The zero-order valence-corrected chi connectivity index (χ0v) is 6.35. The standard InChI is InChI=1S/C7H5NO2.ClH/c9-7-8-5-3-1-2-4-6(5)10-7;/h1-4H,(H,8,9);1H. The summed E-state index contributed by atoms with van der Waals surface area (Å²) in [6.45, 7) is 0. The molecule has 1 aromatic heterocycles. The summed E-state index contributed by atoms with van der Waals surface area (Å²) in [5, 5.41) is 0. The molecule has 0 saturated carbocycles. The minimum Gasteiger partial charge on any atom is -0.408 e. The first kappa shape index (κ1) is 7.88. The number of para-hydroxylation sites is 2. The highest BCUT2D eigenvalue weighted by atomic mass is 35.5. The monoisotopic (exact) mass is 171 g/mol. The third-order valence-electron chi connectivity index (χ3n) is 1.33. The van der Waals surface area contributed by atoms with Crippen LogP contribution in [0, 0.1) is 0 Å². The van der Waals surface area contributed by atoms with Crippen molar-refractivity contribution in [2.24, 2.45) is 0 Å². The van der Waals surface area contributed by atoms with Gasteiger partial charge in [0.05, 0.1) is 5.52 Å². The molecule has 4 heteroatoms. The Morgan fingerprint density at radius 3 is 2.73 bits per heavy atom. The summed E-state index contributed by atoms with van der Waals surface area (Å²) < 4.78 is 4.76. The lowest BCUT2D eigenvalue weighted by Gasteiger charge is -1.79. The van der Waals surface area contributed by atoms with Crippen molar-refractivity contribution in [1.82, 2.24) is 4.98 Å². The van der Waals surface area contributed by atoms with Crippen molar-refractivity contribution in [2.75, 3.05) is 0 Å². The summed E-state index contributed by atoms with van der Waals surface area (Å²) in [6, 6.07) is 7.19. The van der Waals surface area contributed by atoms with E-state index in [1.54, 1.807) is 12.1 Å². The largest absolute Gasteiger partial charge is 0.417 e. The number of hydrogen-bond donors (Lipinski definition) is 1. The molecule has 0 unspecified atom stereocenters. The van der Waals surface area contributed by atoms with Crippen LogP contribution >= 0.6 is 12.4 Å². The van der Waals surface area contributed by atoms with Gasteiger partial charge in [-0.3, -0.25) is 4.98 Å². The number of fused-ring (bicyclic) bond motifs is 1. The van der Waals surface area contributed by atoms with Crippen LogP contribution in [0.1, 0.15) is 0 Å². The Bertz CT molecular complexity index is 368. The molecule has 58 valence electrons. The van der Waals surface area contributed by atoms with Crippen molar-refractivity contribution in [2.45, 2.75) is 0 Å². The highest BCUT2D eigenvalue weighted by molar-refractivity contribution is 5.85. The summed E-state index contributed by atoms with van der Waals surface area (Å²) in [5.74, 6) is -0.402. The Balaban J connectivity index is 0.000000605. The van der Waals surface area contributed by atoms with Gasteiger partial charge in [0.1, 0.15) is 0 Å². The number of nitrogens with one attached hydrogen (secondary N) is 1. The fraction of sp³-hybridized carbons (Fsp3) is 0. The fourth-order valence-corrected chi connectivity index (χ4v) is 0.894. The lowest BCUT2D eigenvalue weighted by atomic mass is 10.3. The van der Waals surface area contributed by atoms with E-state index in [9.17, 15) is 4.79 Å². The van der Waals surface area contributed by atoms with Crippen molar-refractivity contribution in [3.63, 3.8) is 0 Å². The lowest BCUT2D eigenvalue weighted by Crippen LogP contribution is -1.92. The maximum atomic E-state index is 10.6. The first-order valence-electron chi connectivity index (χ1n) is 2.94. The van der Waals surface area contributed by atoms with E-state index in [0.717, 1.165) is 5.52 Å². The van der Waals surface area contributed by atoms with Gasteiger partial charge in [0, 0.05) is 0 Å². The van der Waals surface area contributed by atoms with E-state index in [-0.39, 0.29) is 12.4 Å². The molecule has 0 amide bonds. The predicted octanol–water partition coefficient (Wildman–Crippen LogP) is 1.54. The summed E-state index contributed by atoms with van der Waals surface area (Å²) in [5.41, 5.74) is 1.35. The molecule has 1 heterocycles. The van der Waals surface area contributed by atoms with Gasteiger partial charge in [-0.1, -0.05) is 12.1 Å². The molecule has 2 aromatic rings. The predicted molar refractivity (Wildman–Crippen MR) is 44.1 cm³/mol. The number of benzene rings is 1. The van der Waals surface area contributed by atoms with E-state index in [0.29, 0.717) is 5.58 Å². The minimum absolute atomic E-state index is 0. The molecule has 0 spiro atoms. The first-order chi connectivity index (χ1) is 4.86. The molecule has 0 radical (unpaired) electrons. The van der Waals surface area contributed by atoms with Gasteiger partial charge >= 0.3 is 5.76 Å². The Morgan fingerprint density at radius 2 is 2.00 bits per heavy atom. The lowest BCUT2D eigenvalue weighted by molar-refractivity contribution is 0.555. The molecule has 11 heavy (non-hydrogen) atoms. The van der Waals surface area contributed by atoms with E-state index in [4.69, 9.17) is 4.42 Å². The van der Waals surface area contributed by atoms with E-state index in [1.165, 1.54) is 0 Å². The molecule has 0 aliphatic rings. The van der Waals surface area contributed by atoms with E-state index < -0.39 is 5.76 Å². The highest BCUT2D eigenvalue weighted by Gasteiger charge is 1.95. The second-order valence-electron chi connectivity index (χ2n) is 2.01. The molecule has 0 bridgehead atoms. The normalized spacial score (nSPS) is 9.45. The average Bonchev–Trinajstić information content (AvgIpc) is 2.27. The molecular weight excluding hydrogens is 166 g/mol. The number of rotatable bonds is 0. The maximum Gasteiger partial charge on any atom is 0.417 e. The third-order valence-corrected chi connectivity index (χ3v) is 1.33. The fourth-order valence-electron chi connectivity index (χ4n) is 0.894. The maximum absolute atomic E-state index is 10.6. The van der Waals surface area contributed by atoms with Gasteiger partial charge < -0.3 is 4.42 Å². The van der Waals surface area contributed by atoms with E-state index >= 15 is 0 Å². The van der Waals surface area contributed by atoms with E-state index in [1.807, 2.05) is 12.1 Å². The van der Waals surface area contributed by atoms with E-state index in [2.05, 4.69) is 4.98 Å². The van der Waals surface area contributed by atoms with Gasteiger partial charge in [-0.15, -0.1) is 12.4 Å². The topological polar surface area (TPSA) is 46.0 Å². The number of H-pyrrole nitrogens is 1. The molecule has 2 rings (SSSR count). The van der Waals surface area contributed by atoms with Crippen molar-refractivity contribution < 1.29 is 4.42 Å². The molecule has 0 aliphatic carbocycles. The second-order valence-corrected chi connectivity index (χ2v) is 2.01. The summed E-state index contributed by atoms with van der Waals surface area (Å²) in [7, 11) is 0. The van der Waals surface area contributed by atoms with Crippen molar-refractivity contribution in [3.8, 4) is 0 Å². The number of oxazole rings is 1. The molecule has 0 saturated heterocycles. The van der Waals surface area contributed by atoms with Crippen LogP contribution in [0.5, 0.6) is 0 Å². The van der Waals surface area contributed by atoms with Crippen LogP contribution in [-0.2, 0) is 0 Å². The summed E-state index contributed by atoms with van der Waals surface area (Å²) in [6.07, 6.45) is 0. The van der Waals surface area contributed by atoms with Crippen molar-refractivity contribution >= 4 is 23.5 Å². The molecule has 3 nitrogen and oxygen atoms in total. The molecule has 0 aliphatic heterocycles. The zero-order valence-electron chi connectivity index (χ0n) is 5.53. The Morgan fingerprint density at radius 1 is 1.27 bits per heavy atom. The minimum atomic E-state index is -0.402. The van der Waals surface area contributed by atoms with Crippen LogP contribution in [0.3, 0.4) is 0 Å². The van der Waals surface area contributed by atoms with Gasteiger partial charge in [-0.2, -0.15) is 0 Å². The second kappa shape index (κ2) is 2.80. The van der Waals surface area contributed by atoms with Crippen LogP contribution in [0.15, 0.2) is 33.5 Å². The Labute approximate surface area is 68.4 Å². The molecule has 0 atom stereocenters. The number of hydrogen-bond acceptors (Lipinski definition) is 2. The molecular formula is C7H6ClNO2. The number of aromatic nitrogens is 1. The first-order valence-corrected chi connectivity index (χ1v) is 2.94. The molecule has 0 fully saturated rings. The van der Waals surface area contributed by atoms with Crippen molar-refractivity contribution in [1.29, 1.82) is 0 Å². The smallest absolute Gasteiger partial charge is 0.408 e. The summed E-state index contributed by atoms with van der Waals surface area (Å²) in [4.78, 5) is 13.1. The van der Waals surface area contributed by atoms with Crippen LogP contribution in [0.25, 0.3) is 11.1 Å². The molecule has 1 N–H and O–H groups in total. The number of halogens is 1. The van der Waals surface area contributed by atoms with Gasteiger partial charge in [0.2, 0.25) is 0 Å². The highest BCUT2D eigenvalue weighted by Crippen LogP contribution is 2.06. The van der Waals surface area contributed by atoms with Crippen LogP contribution in [0.4, 0.5) is 0 Å². The van der Waals surface area contributed by atoms with Crippen LogP contribution in [-0.4, -0.2) is 4.98 Å². The average molecular weight is 172 g/mol. The van der Waals surface area contributed by atoms with Crippen LogP contribution < -0.4 is 5.76 Å². The van der Waals surface area contributed by atoms with Gasteiger partial charge in [-0.25, -0.2) is 4.79 Å².